The van der Waals surface area contributed by atoms with E-state index in [0.717, 1.165) is 5.56 Å². The van der Waals surface area contributed by atoms with Crippen LogP contribution in [0.15, 0.2) is 18.5 Å². The topological polar surface area (TPSA) is 92.8 Å². The number of carbonyl (C=O) groups excluding carboxylic acids is 1. The van der Waals surface area contributed by atoms with E-state index in [1.807, 2.05) is 13.8 Å². The van der Waals surface area contributed by atoms with E-state index in [0.29, 0.717) is 12.2 Å². The first kappa shape index (κ1) is 12.0. The second kappa shape index (κ2) is 5.26. The summed E-state index contributed by atoms with van der Waals surface area (Å²) < 4.78 is 5.08. The number of hydrogen-bond donors (Lipinski definition) is 2. The molecule has 2 heterocycles. The molecule has 0 bridgehead atoms. The fourth-order valence-corrected chi connectivity index (χ4v) is 1.35. The van der Waals surface area contributed by atoms with Gasteiger partial charge in [0.2, 0.25) is 5.95 Å². The lowest BCUT2D eigenvalue weighted by atomic mass is 10.2. The summed E-state index contributed by atoms with van der Waals surface area (Å²) in [6.07, 6.45) is 3.17. The van der Waals surface area contributed by atoms with Crippen molar-refractivity contribution in [3.05, 3.63) is 29.6 Å². The van der Waals surface area contributed by atoms with Crippen molar-refractivity contribution >= 4 is 11.9 Å². The van der Waals surface area contributed by atoms with Crippen molar-refractivity contribution in [2.45, 2.75) is 13.8 Å². The Hall–Kier alpha value is -2.44. The van der Waals surface area contributed by atoms with Gasteiger partial charge in [-0.15, -0.1) is 5.10 Å². The van der Waals surface area contributed by atoms with Gasteiger partial charge in [0.1, 0.15) is 0 Å². The number of ether oxygens (including phenoxy) is 1. The number of nitrogens with zero attached hydrogens (tertiary/aromatic N) is 3. The van der Waals surface area contributed by atoms with Crippen LogP contribution in [0, 0.1) is 6.92 Å². The second-order valence-corrected chi connectivity index (χ2v) is 3.60. The van der Waals surface area contributed by atoms with Crippen molar-refractivity contribution in [1.29, 1.82) is 0 Å². The predicted octanol–water partition coefficient (Wildman–Crippen LogP) is 1.16. The first-order valence-electron chi connectivity index (χ1n) is 5.47. The minimum Gasteiger partial charge on any atom is -0.463 e. The largest absolute Gasteiger partial charge is 0.463 e. The van der Waals surface area contributed by atoms with Crippen LogP contribution in [0.1, 0.15) is 22.8 Å². The van der Waals surface area contributed by atoms with Gasteiger partial charge < -0.3 is 4.74 Å². The van der Waals surface area contributed by atoms with Crippen LogP contribution in [0.3, 0.4) is 0 Å². The number of amides is 1. The molecule has 0 aromatic carbocycles. The normalized spacial score (nSPS) is 10.1. The van der Waals surface area contributed by atoms with Gasteiger partial charge in [-0.25, -0.2) is 5.10 Å². The van der Waals surface area contributed by atoms with E-state index < -0.39 is 0 Å². The summed E-state index contributed by atoms with van der Waals surface area (Å²) in [5, 5.41) is 8.93. The molecule has 2 aromatic rings. The van der Waals surface area contributed by atoms with Crippen molar-refractivity contribution in [2.75, 3.05) is 11.9 Å². The fraction of sp³-hybridized carbons (Fsp3) is 0.273. The summed E-state index contributed by atoms with van der Waals surface area (Å²) in [6.45, 7) is 4.16. The zero-order valence-electron chi connectivity index (χ0n) is 10.1. The average molecular weight is 247 g/mol. The number of carbonyl (C=O) groups is 1. The highest BCUT2D eigenvalue weighted by Crippen LogP contribution is 2.08. The highest BCUT2D eigenvalue weighted by atomic mass is 16.5. The van der Waals surface area contributed by atoms with Gasteiger partial charge in [-0.2, -0.15) is 4.98 Å². The van der Waals surface area contributed by atoms with Crippen LogP contribution in [-0.2, 0) is 0 Å². The molecule has 0 fully saturated rings. The molecule has 94 valence electrons. The smallest absolute Gasteiger partial charge is 0.337 e. The number of nitrogens with one attached hydrogen (secondary N) is 2. The van der Waals surface area contributed by atoms with Crippen LogP contribution in [-0.4, -0.2) is 32.7 Å². The van der Waals surface area contributed by atoms with Crippen LogP contribution >= 0.6 is 0 Å². The highest BCUT2D eigenvalue weighted by molar-refractivity contribution is 6.03. The summed E-state index contributed by atoms with van der Waals surface area (Å²) in [4.78, 5) is 19.8. The van der Waals surface area contributed by atoms with Gasteiger partial charge >= 0.3 is 6.01 Å². The van der Waals surface area contributed by atoms with E-state index >= 15 is 0 Å². The molecular formula is C11H13N5O2. The summed E-state index contributed by atoms with van der Waals surface area (Å²) in [7, 11) is 0. The number of aryl methyl sites for hydroxylation is 1. The van der Waals surface area contributed by atoms with Crippen LogP contribution in [0.2, 0.25) is 0 Å². The maximum atomic E-state index is 11.9. The summed E-state index contributed by atoms with van der Waals surface area (Å²) in [6, 6.07) is 1.94. The number of H-pyrrole nitrogens is 1. The Morgan fingerprint density at radius 3 is 3.06 bits per heavy atom. The molecule has 2 N–H and O–H groups in total. The molecule has 7 heteroatoms. The third-order valence-corrected chi connectivity index (χ3v) is 2.11. The maximum Gasteiger partial charge on any atom is 0.337 e. The van der Waals surface area contributed by atoms with Gasteiger partial charge in [-0.05, 0) is 25.5 Å². The molecule has 1 amide bonds. The zero-order valence-corrected chi connectivity index (χ0v) is 10.1. The minimum absolute atomic E-state index is 0.204. The van der Waals surface area contributed by atoms with Gasteiger partial charge in [0.05, 0.1) is 12.2 Å². The fourth-order valence-electron chi connectivity index (χ4n) is 1.35. The standard InChI is InChI=1S/C11H13N5O2/c1-3-18-11-14-10(15-16-11)13-9(17)8-4-7(2)5-12-6-8/h4-6H,3H2,1-2H3,(H2,13,14,15,16,17). The number of anilines is 1. The number of aromatic amines is 1. The summed E-state index contributed by atoms with van der Waals surface area (Å²) in [5.41, 5.74) is 1.37. The molecule has 0 spiro atoms. The second-order valence-electron chi connectivity index (χ2n) is 3.60. The van der Waals surface area contributed by atoms with E-state index in [2.05, 4.69) is 25.5 Å². The van der Waals surface area contributed by atoms with Gasteiger partial charge in [0.25, 0.3) is 5.91 Å². The molecule has 0 radical (unpaired) electrons. The van der Waals surface area contributed by atoms with Crippen molar-refractivity contribution in [1.82, 2.24) is 20.2 Å². The van der Waals surface area contributed by atoms with E-state index in [1.54, 1.807) is 12.3 Å². The quantitative estimate of drug-likeness (QED) is 0.845. The lowest BCUT2D eigenvalue weighted by molar-refractivity contribution is 0.102. The van der Waals surface area contributed by atoms with E-state index in [1.165, 1.54) is 6.20 Å². The van der Waals surface area contributed by atoms with Gasteiger partial charge in [0, 0.05) is 12.4 Å². The lowest BCUT2D eigenvalue weighted by Gasteiger charge is -2.01. The molecule has 0 saturated heterocycles. The Morgan fingerprint density at radius 2 is 2.33 bits per heavy atom. The third-order valence-electron chi connectivity index (χ3n) is 2.11. The molecule has 0 atom stereocenters. The molecule has 2 rings (SSSR count). The molecule has 0 aliphatic heterocycles. The first-order valence-corrected chi connectivity index (χ1v) is 5.47. The van der Waals surface area contributed by atoms with Crippen molar-refractivity contribution in [3.63, 3.8) is 0 Å². The van der Waals surface area contributed by atoms with Crippen molar-refractivity contribution in [3.8, 4) is 6.01 Å². The molecule has 2 aromatic heterocycles. The zero-order chi connectivity index (χ0) is 13.0. The van der Waals surface area contributed by atoms with Crippen molar-refractivity contribution < 1.29 is 9.53 Å². The van der Waals surface area contributed by atoms with Crippen LogP contribution in [0.4, 0.5) is 5.95 Å². The highest BCUT2D eigenvalue weighted by Gasteiger charge is 2.10. The lowest BCUT2D eigenvalue weighted by Crippen LogP contribution is -2.13. The summed E-state index contributed by atoms with van der Waals surface area (Å²) in [5.74, 6) is -0.0599. The SMILES string of the molecule is CCOc1n[nH]c(NC(=O)c2cncc(C)c2)n1. The Labute approximate surface area is 104 Å². The number of pyridine rings is 1. The Kier molecular flexibility index (Phi) is 3.52. The molecule has 0 aliphatic carbocycles. The Morgan fingerprint density at radius 1 is 1.50 bits per heavy atom. The Balaban J connectivity index is 2.06. The van der Waals surface area contributed by atoms with Gasteiger partial charge in [-0.3, -0.25) is 15.1 Å². The van der Waals surface area contributed by atoms with E-state index in [9.17, 15) is 4.79 Å². The number of hydrogen-bond acceptors (Lipinski definition) is 5. The molecule has 0 saturated carbocycles. The minimum atomic E-state index is -0.301. The predicted molar refractivity (Wildman–Crippen MR) is 64.5 cm³/mol. The number of aromatic nitrogens is 4. The molecular weight excluding hydrogens is 234 g/mol. The maximum absolute atomic E-state index is 11.9. The van der Waals surface area contributed by atoms with Gasteiger partial charge in [0.15, 0.2) is 0 Å². The van der Waals surface area contributed by atoms with E-state index in [4.69, 9.17) is 4.74 Å². The molecule has 18 heavy (non-hydrogen) atoms. The number of rotatable bonds is 4. The van der Waals surface area contributed by atoms with Crippen molar-refractivity contribution in [2.24, 2.45) is 0 Å². The Bertz CT molecular complexity index is 552. The monoisotopic (exact) mass is 247 g/mol. The molecule has 0 aliphatic rings. The van der Waals surface area contributed by atoms with Gasteiger partial charge in [-0.1, -0.05) is 0 Å². The van der Waals surface area contributed by atoms with E-state index in [-0.39, 0.29) is 17.9 Å². The average Bonchev–Trinajstić information content (AvgIpc) is 2.77. The van der Waals surface area contributed by atoms with Crippen LogP contribution in [0.25, 0.3) is 0 Å². The molecule has 7 nitrogen and oxygen atoms in total. The van der Waals surface area contributed by atoms with Crippen LogP contribution < -0.4 is 10.1 Å². The molecule has 0 unspecified atom stereocenters. The first-order chi connectivity index (χ1) is 8.69. The summed E-state index contributed by atoms with van der Waals surface area (Å²) >= 11 is 0. The third kappa shape index (κ3) is 2.82. The van der Waals surface area contributed by atoms with Crippen LogP contribution in [0.5, 0.6) is 6.01 Å².